The summed E-state index contributed by atoms with van der Waals surface area (Å²) in [7, 11) is 0. The van der Waals surface area contributed by atoms with Crippen LogP contribution in [0.1, 0.15) is 39.0 Å². The predicted molar refractivity (Wildman–Crippen MR) is 58.2 cm³/mol. The zero-order valence-electron chi connectivity index (χ0n) is 9.28. The lowest BCUT2D eigenvalue weighted by Gasteiger charge is -2.32. The maximum Gasteiger partial charge on any atom is 0.0543 e. The minimum atomic E-state index is 0.00344. The maximum absolute atomic E-state index is 9.45. The van der Waals surface area contributed by atoms with E-state index < -0.39 is 0 Å². The van der Waals surface area contributed by atoms with Crippen LogP contribution in [0.2, 0.25) is 0 Å². The molecule has 0 radical (unpaired) electrons. The van der Waals surface area contributed by atoms with E-state index in [9.17, 15) is 5.11 Å². The molecule has 1 saturated heterocycles. The molecule has 2 atom stereocenters. The average molecular weight is 197 g/mol. The molecule has 14 heavy (non-hydrogen) atoms. The van der Waals surface area contributed by atoms with E-state index in [1.165, 1.54) is 38.9 Å². The first-order valence-electron chi connectivity index (χ1n) is 6.14. The number of aliphatic hydroxyl groups is 1. The number of likely N-dealkylation sites (tertiary alicyclic amines) is 1. The van der Waals surface area contributed by atoms with Crippen molar-refractivity contribution in [2.45, 2.75) is 45.1 Å². The maximum atomic E-state index is 9.45. The molecule has 1 N–H and O–H groups in total. The zero-order chi connectivity index (χ0) is 9.97. The Labute approximate surface area is 87.3 Å². The third-order valence-corrected chi connectivity index (χ3v) is 3.91. The summed E-state index contributed by atoms with van der Waals surface area (Å²) in [5.74, 6) is 1.71. The molecule has 1 aliphatic heterocycles. The van der Waals surface area contributed by atoms with E-state index in [1.54, 1.807) is 0 Å². The Kier molecular flexibility index (Phi) is 3.45. The van der Waals surface area contributed by atoms with Gasteiger partial charge in [0.2, 0.25) is 0 Å². The van der Waals surface area contributed by atoms with Crippen LogP contribution in [0.5, 0.6) is 0 Å². The molecule has 0 aromatic heterocycles. The minimum Gasteiger partial charge on any atom is -0.393 e. The fourth-order valence-electron chi connectivity index (χ4n) is 2.82. The van der Waals surface area contributed by atoms with Crippen molar-refractivity contribution < 1.29 is 5.11 Å². The van der Waals surface area contributed by atoms with Gasteiger partial charge in [-0.15, -0.1) is 0 Å². The molecule has 0 bridgehead atoms. The van der Waals surface area contributed by atoms with E-state index in [2.05, 4.69) is 11.8 Å². The van der Waals surface area contributed by atoms with E-state index in [4.69, 9.17) is 0 Å². The largest absolute Gasteiger partial charge is 0.393 e. The number of aliphatic hydroxyl groups excluding tert-OH is 1. The van der Waals surface area contributed by atoms with Crippen LogP contribution in [0.15, 0.2) is 0 Å². The van der Waals surface area contributed by atoms with Crippen LogP contribution < -0.4 is 0 Å². The van der Waals surface area contributed by atoms with Crippen LogP contribution >= 0.6 is 0 Å². The smallest absolute Gasteiger partial charge is 0.0543 e. The SMILES string of the molecule is CC1CCN(CC2CCC(O)C2)CC1. The van der Waals surface area contributed by atoms with Gasteiger partial charge in [0.1, 0.15) is 0 Å². The Morgan fingerprint density at radius 3 is 2.43 bits per heavy atom. The molecule has 2 rings (SSSR count). The third-order valence-electron chi connectivity index (χ3n) is 3.91. The van der Waals surface area contributed by atoms with Crippen molar-refractivity contribution in [3.8, 4) is 0 Å². The molecular formula is C12H23NO. The van der Waals surface area contributed by atoms with Gasteiger partial charge in [0.05, 0.1) is 6.10 Å². The lowest BCUT2D eigenvalue weighted by Crippen LogP contribution is -2.36. The van der Waals surface area contributed by atoms with Crippen molar-refractivity contribution in [1.82, 2.24) is 4.90 Å². The first-order chi connectivity index (χ1) is 6.74. The van der Waals surface area contributed by atoms with Crippen LogP contribution in [0.4, 0.5) is 0 Å². The van der Waals surface area contributed by atoms with Gasteiger partial charge in [-0.1, -0.05) is 6.92 Å². The van der Waals surface area contributed by atoms with Gasteiger partial charge in [-0.2, -0.15) is 0 Å². The molecule has 1 heterocycles. The number of hydrogen-bond donors (Lipinski definition) is 1. The molecule has 1 aliphatic carbocycles. The molecule has 0 aromatic carbocycles. The third kappa shape index (κ3) is 2.71. The van der Waals surface area contributed by atoms with E-state index in [0.717, 1.165) is 24.7 Å². The Morgan fingerprint density at radius 2 is 1.86 bits per heavy atom. The molecule has 2 heteroatoms. The molecule has 1 saturated carbocycles. The summed E-state index contributed by atoms with van der Waals surface area (Å²) in [5.41, 5.74) is 0. The van der Waals surface area contributed by atoms with Gasteiger partial charge in [-0.25, -0.2) is 0 Å². The first kappa shape index (κ1) is 10.4. The molecule has 0 aromatic rings. The highest BCUT2D eigenvalue weighted by molar-refractivity contribution is 4.79. The Morgan fingerprint density at radius 1 is 1.14 bits per heavy atom. The summed E-state index contributed by atoms with van der Waals surface area (Å²) in [6, 6.07) is 0. The molecule has 0 spiro atoms. The van der Waals surface area contributed by atoms with E-state index >= 15 is 0 Å². The second-order valence-electron chi connectivity index (χ2n) is 5.32. The van der Waals surface area contributed by atoms with E-state index in [1.807, 2.05) is 0 Å². The van der Waals surface area contributed by atoms with E-state index in [-0.39, 0.29) is 6.10 Å². The normalized spacial score (nSPS) is 36.4. The van der Waals surface area contributed by atoms with Gasteiger partial charge >= 0.3 is 0 Å². The summed E-state index contributed by atoms with van der Waals surface area (Å²) in [4.78, 5) is 2.60. The topological polar surface area (TPSA) is 23.5 Å². The van der Waals surface area contributed by atoms with Crippen molar-refractivity contribution in [3.05, 3.63) is 0 Å². The molecule has 2 fully saturated rings. The van der Waals surface area contributed by atoms with Crippen molar-refractivity contribution in [2.24, 2.45) is 11.8 Å². The number of hydrogen-bond acceptors (Lipinski definition) is 2. The number of rotatable bonds is 2. The summed E-state index contributed by atoms with van der Waals surface area (Å²) in [5, 5.41) is 9.45. The molecule has 2 nitrogen and oxygen atoms in total. The number of piperidine rings is 1. The highest BCUT2D eigenvalue weighted by Crippen LogP contribution is 2.27. The van der Waals surface area contributed by atoms with Crippen LogP contribution in [0.25, 0.3) is 0 Å². The first-order valence-corrected chi connectivity index (χ1v) is 6.14. The van der Waals surface area contributed by atoms with Gasteiger partial charge in [-0.3, -0.25) is 0 Å². The molecule has 2 aliphatic rings. The Hall–Kier alpha value is -0.0800. The van der Waals surface area contributed by atoms with Crippen molar-refractivity contribution in [2.75, 3.05) is 19.6 Å². The second kappa shape index (κ2) is 4.63. The predicted octanol–water partition coefficient (Wildman–Crippen LogP) is 1.88. The fourth-order valence-corrected chi connectivity index (χ4v) is 2.82. The monoisotopic (exact) mass is 197 g/mol. The molecule has 82 valence electrons. The van der Waals surface area contributed by atoms with Gasteiger partial charge in [0.25, 0.3) is 0 Å². The number of nitrogens with zero attached hydrogens (tertiary/aromatic N) is 1. The van der Waals surface area contributed by atoms with Crippen LogP contribution in [0.3, 0.4) is 0 Å². The second-order valence-corrected chi connectivity index (χ2v) is 5.32. The standard InChI is InChI=1S/C12H23NO/c1-10-4-6-13(7-5-10)9-11-2-3-12(14)8-11/h10-12,14H,2-9H2,1H3. The highest BCUT2D eigenvalue weighted by Gasteiger charge is 2.25. The lowest BCUT2D eigenvalue weighted by molar-refractivity contribution is 0.149. The summed E-state index contributed by atoms with van der Waals surface area (Å²) < 4.78 is 0. The average Bonchev–Trinajstić information content (AvgIpc) is 2.56. The van der Waals surface area contributed by atoms with Crippen molar-refractivity contribution in [3.63, 3.8) is 0 Å². The molecule has 0 amide bonds. The van der Waals surface area contributed by atoms with Crippen molar-refractivity contribution in [1.29, 1.82) is 0 Å². The van der Waals surface area contributed by atoms with Gasteiger partial charge in [0.15, 0.2) is 0 Å². The lowest BCUT2D eigenvalue weighted by atomic mass is 9.97. The van der Waals surface area contributed by atoms with Gasteiger partial charge in [-0.05, 0) is 57.0 Å². The molecule has 2 unspecified atom stereocenters. The quantitative estimate of drug-likeness (QED) is 0.730. The highest BCUT2D eigenvalue weighted by atomic mass is 16.3. The van der Waals surface area contributed by atoms with Crippen LogP contribution in [-0.2, 0) is 0 Å². The Balaban J connectivity index is 1.70. The van der Waals surface area contributed by atoms with Crippen LogP contribution in [0, 0.1) is 11.8 Å². The summed E-state index contributed by atoms with van der Waals surface area (Å²) in [6.07, 6.45) is 6.07. The van der Waals surface area contributed by atoms with E-state index in [0.29, 0.717) is 0 Å². The molecular weight excluding hydrogens is 174 g/mol. The van der Waals surface area contributed by atoms with Gasteiger partial charge in [0, 0.05) is 6.54 Å². The Bertz CT molecular complexity index is 175. The summed E-state index contributed by atoms with van der Waals surface area (Å²) >= 11 is 0. The minimum absolute atomic E-state index is 0.00344. The summed E-state index contributed by atoms with van der Waals surface area (Å²) in [6.45, 7) is 6.17. The fraction of sp³-hybridized carbons (Fsp3) is 1.00. The van der Waals surface area contributed by atoms with Crippen LogP contribution in [-0.4, -0.2) is 35.7 Å². The van der Waals surface area contributed by atoms with Gasteiger partial charge < -0.3 is 10.0 Å². The zero-order valence-corrected chi connectivity index (χ0v) is 9.28. The van der Waals surface area contributed by atoms with Crippen molar-refractivity contribution >= 4 is 0 Å².